The molecule has 162 valence electrons. The van der Waals surface area contributed by atoms with Gasteiger partial charge in [0.25, 0.3) is 0 Å². The van der Waals surface area contributed by atoms with Gasteiger partial charge in [0, 0.05) is 43.8 Å². The van der Waals surface area contributed by atoms with E-state index in [1.807, 2.05) is 29.9 Å². The quantitative estimate of drug-likeness (QED) is 0.605. The van der Waals surface area contributed by atoms with Gasteiger partial charge in [0.05, 0.1) is 13.7 Å². The first-order chi connectivity index (χ1) is 14.3. The predicted octanol–water partition coefficient (Wildman–Crippen LogP) is 3.74. The minimum atomic E-state index is -0.361. The highest BCUT2D eigenvalue weighted by Crippen LogP contribution is 2.17. The van der Waals surface area contributed by atoms with Crippen LogP contribution in [0.4, 0.5) is 10.5 Å². The van der Waals surface area contributed by atoms with E-state index in [9.17, 15) is 9.59 Å². The van der Waals surface area contributed by atoms with Crippen LogP contribution >= 0.6 is 0 Å². The molecule has 2 rings (SSSR count). The lowest BCUT2D eigenvalue weighted by molar-refractivity contribution is -0.132. The number of amides is 3. The highest BCUT2D eigenvalue weighted by atomic mass is 16.5. The van der Waals surface area contributed by atoms with Crippen LogP contribution in [0.5, 0.6) is 5.75 Å². The zero-order valence-corrected chi connectivity index (χ0v) is 18.3. The highest BCUT2D eigenvalue weighted by Gasteiger charge is 2.22. The number of rotatable bonds is 10. The van der Waals surface area contributed by atoms with Crippen molar-refractivity contribution in [2.24, 2.45) is 13.0 Å². The van der Waals surface area contributed by atoms with Crippen LogP contribution in [0.15, 0.2) is 55.3 Å². The summed E-state index contributed by atoms with van der Waals surface area (Å²) in [7, 11) is 3.53. The van der Waals surface area contributed by atoms with Gasteiger partial charge < -0.3 is 24.4 Å². The van der Waals surface area contributed by atoms with E-state index in [0.717, 1.165) is 5.69 Å². The van der Waals surface area contributed by atoms with E-state index in [4.69, 9.17) is 4.74 Å². The summed E-state index contributed by atoms with van der Waals surface area (Å²) >= 11 is 0. The van der Waals surface area contributed by atoms with Crippen molar-refractivity contribution in [3.8, 4) is 5.75 Å². The van der Waals surface area contributed by atoms with E-state index in [0.29, 0.717) is 30.4 Å². The predicted molar refractivity (Wildman–Crippen MR) is 119 cm³/mol. The fourth-order valence-corrected chi connectivity index (χ4v) is 3.09. The second-order valence-electron chi connectivity index (χ2n) is 7.61. The lowest BCUT2D eigenvalue weighted by atomic mass is 10.2. The van der Waals surface area contributed by atoms with E-state index < -0.39 is 0 Å². The highest BCUT2D eigenvalue weighted by molar-refractivity contribution is 5.92. The molecule has 0 bridgehead atoms. The second-order valence-corrected chi connectivity index (χ2v) is 7.61. The van der Waals surface area contributed by atoms with Gasteiger partial charge in [-0.15, -0.1) is 6.58 Å². The molecule has 1 heterocycles. The van der Waals surface area contributed by atoms with Gasteiger partial charge in [0.15, 0.2) is 0 Å². The Labute approximate surface area is 178 Å². The molecule has 3 amide bonds. The smallest absolute Gasteiger partial charge is 0.322 e. The largest absolute Gasteiger partial charge is 0.497 e. The maximum absolute atomic E-state index is 13.1. The minimum Gasteiger partial charge on any atom is -0.497 e. The minimum absolute atomic E-state index is 0.0288. The number of benzene rings is 1. The Morgan fingerprint density at radius 3 is 2.60 bits per heavy atom. The molecule has 7 nitrogen and oxygen atoms in total. The molecule has 1 N–H and O–H groups in total. The first-order valence-electron chi connectivity index (χ1n) is 10.0. The number of carbonyl (C=O) groups excluding carboxylic acids is 2. The Bertz CT molecular complexity index is 860. The molecule has 0 spiro atoms. The zero-order chi connectivity index (χ0) is 22.1. The van der Waals surface area contributed by atoms with Gasteiger partial charge in [-0.25, -0.2) is 4.79 Å². The van der Waals surface area contributed by atoms with Crippen LogP contribution in [-0.2, 0) is 18.4 Å². The van der Waals surface area contributed by atoms with Crippen LogP contribution in [0.25, 0.3) is 0 Å². The van der Waals surface area contributed by atoms with Crippen molar-refractivity contribution in [1.82, 2.24) is 14.4 Å². The number of anilines is 1. The van der Waals surface area contributed by atoms with E-state index in [1.54, 1.807) is 42.4 Å². The Balaban J connectivity index is 2.10. The molecule has 1 aromatic carbocycles. The van der Waals surface area contributed by atoms with Gasteiger partial charge in [-0.05, 0) is 30.2 Å². The lowest BCUT2D eigenvalue weighted by Gasteiger charge is -2.28. The number of hydrogen-bond donors (Lipinski definition) is 1. The van der Waals surface area contributed by atoms with Gasteiger partial charge in [-0.1, -0.05) is 26.0 Å². The molecule has 0 aliphatic carbocycles. The SMILES string of the molecule is C=CCN(CC(=O)N(Cc1cccn1C)CC(C)C)C(=O)Nc1cccc(OC)c1. The summed E-state index contributed by atoms with van der Waals surface area (Å²) in [6, 6.07) is 10.7. The monoisotopic (exact) mass is 412 g/mol. The van der Waals surface area contributed by atoms with Crippen molar-refractivity contribution in [2.75, 3.05) is 32.1 Å². The molecule has 0 aliphatic heterocycles. The summed E-state index contributed by atoms with van der Waals surface area (Å²) in [5.74, 6) is 0.852. The van der Waals surface area contributed by atoms with Crippen molar-refractivity contribution in [3.05, 3.63) is 60.9 Å². The molecule has 7 heteroatoms. The van der Waals surface area contributed by atoms with Crippen molar-refractivity contribution < 1.29 is 14.3 Å². The molecule has 2 aromatic rings. The van der Waals surface area contributed by atoms with Gasteiger partial charge in [0.1, 0.15) is 12.3 Å². The Kier molecular flexibility index (Phi) is 8.53. The van der Waals surface area contributed by atoms with Crippen LogP contribution in [0.1, 0.15) is 19.5 Å². The van der Waals surface area contributed by atoms with Crippen LogP contribution in [0.3, 0.4) is 0 Å². The number of hydrogen-bond acceptors (Lipinski definition) is 3. The average molecular weight is 413 g/mol. The van der Waals surface area contributed by atoms with Crippen LogP contribution in [0, 0.1) is 5.92 Å². The second kappa shape index (κ2) is 11.1. The summed E-state index contributed by atoms with van der Waals surface area (Å²) in [6.07, 6.45) is 3.57. The maximum Gasteiger partial charge on any atom is 0.322 e. The van der Waals surface area contributed by atoms with Gasteiger partial charge in [-0.2, -0.15) is 0 Å². The van der Waals surface area contributed by atoms with Gasteiger partial charge in [0.2, 0.25) is 5.91 Å². The van der Waals surface area contributed by atoms with Crippen molar-refractivity contribution in [1.29, 1.82) is 0 Å². The molecular formula is C23H32N4O3. The molecule has 0 saturated heterocycles. The molecule has 0 saturated carbocycles. The molecule has 0 aliphatic rings. The summed E-state index contributed by atoms with van der Waals surface area (Å²) in [6.45, 7) is 9.21. The summed E-state index contributed by atoms with van der Waals surface area (Å²) < 4.78 is 7.19. The number of nitrogens with zero attached hydrogens (tertiary/aromatic N) is 3. The number of methoxy groups -OCH3 is 1. The number of aromatic nitrogens is 1. The topological polar surface area (TPSA) is 66.8 Å². The normalized spacial score (nSPS) is 10.6. The summed E-state index contributed by atoms with van der Waals surface area (Å²) in [5.41, 5.74) is 1.64. The van der Waals surface area contributed by atoms with Gasteiger partial charge >= 0.3 is 6.03 Å². The third-order valence-electron chi connectivity index (χ3n) is 4.63. The van der Waals surface area contributed by atoms with E-state index in [-0.39, 0.29) is 25.0 Å². The Morgan fingerprint density at radius 1 is 1.23 bits per heavy atom. The van der Waals surface area contributed by atoms with E-state index in [2.05, 4.69) is 25.7 Å². The molecule has 0 radical (unpaired) electrons. The third kappa shape index (κ3) is 6.69. The molecule has 30 heavy (non-hydrogen) atoms. The average Bonchev–Trinajstić information content (AvgIpc) is 3.11. The number of urea groups is 1. The fourth-order valence-electron chi connectivity index (χ4n) is 3.09. The number of aryl methyl sites for hydroxylation is 1. The standard InChI is InChI=1S/C23H32N4O3/c1-6-12-26(23(29)24-19-9-7-11-21(14-19)30-5)17-22(28)27(15-18(2)3)16-20-10-8-13-25(20)4/h6-11,13-14,18H,1,12,15-17H2,2-5H3,(H,24,29). The van der Waals surface area contributed by atoms with Crippen LogP contribution in [0.2, 0.25) is 0 Å². The van der Waals surface area contributed by atoms with Crippen molar-refractivity contribution >= 4 is 17.6 Å². The molecule has 0 fully saturated rings. The van der Waals surface area contributed by atoms with Crippen LogP contribution in [-0.4, -0.2) is 53.0 Å². The molecule has 1 aromatic heterocycles. The third-order valence-corrected chi connectivity index (χ3v) is 4.63. The Hall–Kier alpha value is -3.22. The van der Waals surface area contributed by atoms with Crippen LogP contribution < -0.4 is 10.1 Å². The number of nitrogens with one attached hydrogen (secondary N) is 1. The van der Waals surface area contributed by atoms with Crippen molar-refractivity contribution in [2.45, 2.75) is 20.4 Å². The van der Waals surface area contributed by atoms with E-state index in [1.165, 1.54) is 4.90 Å². The van der Waals surface area contributed by atoms with Crippen molar-refractivity contribution in [3.63, 3.8) is 0 Å². The van der Waals surface area contributed by atoms with E-state index >= 15 is 0 Å². The lowest BCUT2D eigenvalue weighted by Crippen LogP contribution is -2.45. The molecule has 0 atom stereocenters. The number of carbonyl (C=O) groups is 2. The Morgan fingerprint density at radius 2 is 2.00 bits per heavy atom. The van der Waals surface area contributed by atoms with Gasteiger partial charge in [-0.3, -0.25) is 4.79 Å². The molecule has 0 unspecified atom stereocenters. The first kappa shape index (κ1) is 23.1. The fraction of sp³-hybridized carbons (Fsp3) is 0.391. The zero-order valence-electron chi connectivity index (χ0n) is 18.3. The maximum atomic E-state index is 13.1. The summed E-state index contributed by atoms with van der Waals surface area (Å²) in [4.78, 5) is 29.2. The molecular weight excluding hydrogens is 380 g/mol. The first-order valence-corrected chi connectivity index (χ1v) is 10.0. The number of ether oxygens (including phenoxy) is 1. The summed E-state index contributed by atoms with van der Waals surface area (Å²) in [5, 5.41) is 2.83.